The lowest BCUT2D eigenvalue weighted by atomic mass is 9.98. The Hall–Kier alpha value is -4.36. The van der Waals surface area contributed by atoms with Crippen LogP contribution in [0.5, 0.6) is 0 Å². The SMILES string of the molecule is CC(C)(C)OC(=O)Nc1ccc(-c2cc(C(F)(F)F)ccc2F)cc1C(=O)N1CCN(C(=O)O)C[C@H]1C(=O)O. The third-order valence-corrected chi connectivity index (χ3v) is 5.69. The molecule has 210 valence electrons. The lowest BCUT2D eigenvalue weighted by Crippen LogP contribution is -2.59. The van der Waals surface area contributed by atoms with Gasteiger partial charge in [0.05, 0.1) is 23.4 Å². The van der Waals surface area contributed by atoms with Crippen molar-refractivity contribution in [2.75, 3.05) is 25.0 Å². The summed E-state index contributed by atoms with van der Waals surface area (Å²) in [7, 11) is 0. The second-order valence-corrected chi connectivity index (χ2v) is 9.66. The van der Waals surface area contributed by atoms with Gasteiger partial charge in [-0.15, -0.1) is 0 Å². The zero-order valence-corrected chi connectivity index (χ0v) is 21.0. The number of alkyl halides is 3. The number of nitrogens with one attached hydrogen (secondary N) is 1. The molecule has 0 saturated carbocycles. The van der Waals surface area contributed by atoms with Crippen molar-refractivity contribution in [3.63, 3.8) is 0 Å². The molecule has 3 amide bonds. The molecule has 1 aliphatic rings. The van der Waals surface area contributed by atoms with Gasteiger partial charge in [0.15, 0.2) is 0 Å². The number of halogens is 4. The number of nitrogens with zero attached hydrogens (tertiary/aromatic N) is 2. The lowest BCUT2D eigenvalue weighted by molar-refractivity contribution is -0.144. The number of carboxylic acids is 1. The first-order valence-corrected chi connectivity index (χ1v) is 11.5. The fourth-order valence-corrected chi connectivity index (χ4v) is 3.90. The summed E-state index contributed by atoms with van der Waals surface area (Å²) in [5.41, 5.74) is -3.28. The van der Waals surface area contributed by atoms with E-state index >= 15 is 0 Å². The van der Waals surface area contributed by atoms with E-state index in [1.807, 2.05) is 0 Å². The Kier molecular flexibility index (Phi) is 8.08. The Balaban J connectivity index is 2.11. The summed E-state index contributed by atoms with van der Waals surface area (Å²) in [4.78, 5) is 50.9. The van der Waals surface area contributed by atoms with Crippen LogP contribution in [-0.4, -0.2) is 75.4 Å². The number of rotatable bonds is 4. The van der Waals surface area contributed by atoms with Crippen molar-refractivity contribution in [2.45, 2.75) is 38.6 Å². The molecule has 1 fully saturated rings. The molecule has 2 aromatic carbocycles. The first kappa shape index (κ1) is 29.2. The second-order valence-electron chi connectivity index (χ2n) is 9.66. The number of hydrogen-bond donors (Lipinski definition) is 3. The monoisotopic (exact) mass is 555 g/mol. The summed E-state index contributed by atoms with van der Waals surface area (Å²) in [6.07, 6.45) is -7.15. The zero-order chi connectivity index (χ0) is 29.3. The van der Waals surface area contributed by atoms with E-state index in [9.17, 15) is 47.0 Å². The highest BCUT2D eigenvalue weighted by molar-refractivity contribution is 6.05. The molecule has 0 radical (unpaired) electrons. The molecule has 1 atom stereocenters. The highest BCUT2D eigenvalue weighted by Crippen LogP contribution is 2.35. The smallest absolute Gasteiger partial charge is 0.416 e. The standard InChI is InChI=1S/C25H25F4N3O7/c1-24(2,3)39-22(36)30-18-7-4-13(15-11-14(25(27,28)29)5-6-17(15)26)10-16(18)20(33)32-9-8-31(23(37)38)12-19(32)21(34)35/h4-7,10-11,19H,8-9,12H2,1-3H3,(H,30,36)(H,34,35)(H,37,38)/t19-/m0/s1. The summed E-state index contributed by atoms with van der Waals surface area (Å²) in [6, 6.07) is 3.49. The number of carboxylic acid groups (broad SMARTS) is 2. The van der Waals surface area contributed by atoms with Crippen molar-refractivity contribution >= 4 is 29.8 Å². The van der Waals surface area contributed by atoms with Gasteiger partial charge in [-0.1, -0.05) is 6.07 Å². The van der Waals surface area contributed by atoms with Crippen LogP contribution in [-0.2, 0) is 15.7 Å². The second kappa shape index (κ2) is 10.8. The molecule has 2 aromatic rings. The third kappa shape index (κ3) is 6.94. The minimum absolute atomic E-state index is 0.160. The molecule has 0 spiro atoms. The van der Waals surface area contributed by atoms with Crippen molar-refractivity contribution < 1.29 is 51.7 Å². The van der Waals surface area contributed by atoms with Crippen molar-refractivity contribution in [1.82, 2.24) is 9.80 Å². The van der Waals surface area contributed by atoms with E-state index < -0.39 is 65.4 Å². The minimum atomic E-state index is -4.78. The van der Waals surface area contributed by atoms with Crippen LogP contribution in [0.1, 0.15) is 36.7 Å². The van der Waals surface area contributed by atoms with Gasteiger partial charge in [-0.05, 0) is 56.7 Å². The molecule has 0 bridgehead atoms. The van der Waals surface area contributed by atoms with E-state index in [1.165, 1.54) is 6.07 Å². The van der Waals surface area contributed by atoms with Gasteiger partial charge in [0.1, 0.15) is 17.5 Å². The summed E-state index contributed by atoms with van der Waals surface area (Å²) in [5, 5.41) is 21.3. The maximum atomic E-state index is 14.6. The van der Waals surface area contributed by atoms with Crippen LogP contribution in [0, 0.1) is 5.82 Å². The number of ether oxygens (including phenoxy) is 1. The molecule has 0 aliphatic carbocycles. The predicted molar refractivity (Wildman–Crippen MR) is 129 cm³/mol. The Labute approximate surface area is 219 Å². The molecule has 39 heavy (non-hydrogen) atoms. The average Bonchev–Trinajstić information content (AvgIpc) is 2.81. The molecular formula is C25H25F4N3O7. The fourth-order valence-electron chi connectivity index (χ4n) is 3.90. The molecule has 1 heterocycles. The quantitative estimate of drug-likeness (QED) is 0.464. The van der Waals surface area contributed by atoms with Crippen LogP contribution in [0.15, 0.2) is 36.4 Å². The van der Waals surface area contributed by atoms with E-state index in [4.69, 9.17) is 4.74 Å². The van der Waals surface area contributed by atoms with E-state index in [0.29, 0.717) is 18.2 Å². The Bertz CT molecular complexity index is 1310. The van der Waals surface area contributed by atoms with Gasteiger partial charge in [0.25, 0.3) is 5.91 Å². The normalized spacial score (nSPS) is 16.0. The Morgan fingerprint density at radius 2 is 1.67 bits per heavy atom. The van der Waals surface area contributed by atoms with Gasteiger partial charge in [-0.25, -0.2) is 18.8 Å². The van der Waals surface area contributed by atoms with Crippen LogP contribution in [0.3, 0.4) is 0 Å². The molecule has 3 rings (SSSR count). The molecular weight excluding hydrogens is 530 g/mol. The summed E-state index contributed by atoms with van der Waals surface area (Å²) < 4.78 is 59.6. The van der Waals surface area contributed by atoms with Gasteiger partial charge < -0.3 is 24.7 Å². The van der Waals surface area contributed by atoms with Gasteiger partial charge in [0.2, 0.25) is 0 Å². The first-order valence-electron chi connectivity index (χ1n) is 11.5. The molecule has 14 heteroatoms. The van der Waals surface area contributed by atoms with Crippen LogP contribution in [0.25, 0.3) is 11.1 Å². The predicted octanol–water partition coefficient (Wildman–Crippen LogP) is 4.75. The molecule has 0 unspecified atom stereocenters. The maximum Gasteiger partial charge on any atom is 0.416 e. The number of amides is 3. The Morgan fingerprint density at radius 3 is 2.23 bits per heavy atom. The van der Waals surface area contributed by atoms with Gasteiger partial charge >= 0.3 is 24.3 Å². The average molecular weight is 555 g/mol. The van der Waals surface area contributed by atoms with E-state index in [2.05, 4.69) is 5.32 Å². The third-order valence-electron chi connectivity index (χ3n) is 5.69. The number of carbonyl (C=O) groups excluding carboxylic acids is 2. The topological polar surface area (TPSA) is 136 Å². The van der Waals surface area contributed by atoms with Crippen molar-refractivity contribution in [3.05, 3.63) is 53.3 Å². The van der Waals surface area contributed by atoms with E-state index in [0.717, 1.165) is 21.9 Å². The zero-order valence-electron chi connectivity index (χ0n) is 21.0. The molecule has 10 nitrogen and oxygen atoms in total. The van der Waals surface area contributed by atoms with E-state index in [-0.39, 0.29) is 29.9 Å². The molecule has 0 aromatic heterocycles. The van der Waals surface area contributed by atoms with Crippen LogP contribution < -0.4 is 5.32 Å². The number of piperazine rings is 1. The molecule has 1 aliphatic heterocycles. The number of benzene rings is 2. The van der Waals surface area contributed by atoms with Gasteiger partial charge in [0, 0.05) is 18.7 Å². The largest absolute Gasteiger partial charge is 0.480 e. The van der Waals surface area contributed by atoms with Gasteiger partial charge in [-0.3, -0.25) is 10.1 Å². The van der Waals surface area contributed by atoms with Crippen LogP contribution in [0.4, 0.5) is 32.8 Å². The Morgan fingerprint density at radius 1 is 1.00 bits per heavy atom. The summed E-state index contributed by atoms with van der Waals surface area (Å²) in [5.74, 6) is -3.50. The minimum Gasteiger partial charge on any atom is -0.480 e. The molecule has 1 saturated heterocycles. The fraction of sp³-hybridized carbons (Fsp3) is 0.360. The first-order chi connectivity index (χ1) is 18.0. The number of carbonyl (C=O) groups is 4. The number of anilines is 1. The van der Waals surface area contributed by atoms with Crippen LogP contribution in [0.2, 0.25) is 0 Å². The highest BCUT2D eigenvalue weighted by atomic mass is 19.4. The van der Waals surface area contributed by atoms with Crippen LogP contribution >= 0.6 is 0 Å². The summed E-state index contributed by atoms with van der Waals surface area (Å²) >= 11 is 0. The van der Waals surface area contributed by atoms with Crippen molar-refractivity contribution in [3.8, 4) is 11.1 Å². The van der Waals surface area contributed by atoms with E-state index in [1.54, 1.807) is 20.8 Å². The number of hydrogen-bond acceptors (Lipinski definition) is 5. The van der Waals surface area contributed by atoms with Crippen molar-refractivity contribution in [1.29, 1.82) is 0 Å². The number of aliphatic carboxylic acids is 1. The highest BCUT2D eigenvalue weighted by Gasteiger charge is 2.38. The molecule has 3 N–H and O–H groups in total. The summed E-state index contributed by atoms with van der Waals surface area (Å²) in [6.45, 7) is 3.64. The maximum absolute atomic E-state index is 14.6. The van der Waals surface area contributed by atoms with Crippen molar-refractivity contribution in [2.24, 2.45) is 0 Å². The van der Waals surface area contributed by atoms with Gasteiger partial charge in [-0.2, -0.15) is 13.2 Å². The lowest BCUT2D eigenvalue weighted by Gasteiger charge is -2.38.